The van der Waals surface area contributed by atoms with Gasteiger partial charge < -0.3 is 10.6 Å². The van der Waals surface area contributed by atoms with Gasteiger partial charge in [-0.2, -0.15) is 0 Å². The second kappa shape index (κ2) is 5.32. The van der Waals surface area contributed by atoms with E-state index in [1.54, 1.807) is 0 Å². The van der Waals surface area contributed by atoms with Crippen molar-refractivity contribution in [3.05, 3.63) is 23.3 Å². The number of benzene rings is 1. The zero-order chi connectivity index (χ0) is 12.4. The standard InChI is InChI=1S/C14H22N2S/c1-10-6-7-11(2)14-13(10)16(3)12(9-17-14)5-4-8-15/h6-7,12H,4-5,8-9,15H2,1-3H3. The molecule has 0 saturated heterocycles. The van der Waals surface area contributed by atoms with E-state index in [1.807, 2.05) is 11.8 Å². The van der Waals surface area contributed by atoms with Gasteiger partial charge in [0.1, 0.15) is 0 Å². The number of fused-ring (bicyclic) bond motifs is 1. The Balaban J connectivity index is 2.28. The van der Waals surface area contributed by atoms with Gasteiger partial charge in [-0.1, -0.05) is 12.1 Å². The first-order chi connectivity index (χ1) is 8.15. The number of thioether (sulfide) groups is 1. The number of rotatable bonds is 3. The largest absolute Gasteiger partial charge is 0.370 e. The molecule has 2 N–H and O–H groups in total. The van der Waals surface area contributed by atoms with Gasteiger partial charge in [0.2, 0.25) is 0 Å². The summed E-state index contributed by atoms with van der Waals surface area (Å²) in [7, 11) is 2.23. The van der Waals surface area contributed by atoms with Crippen LogP contribution in [0.15, 0.2) is 17.0 Å². The molecule has 1 aliphatic heterocycles. The maximum Gasteiger partial charge on any atom is 0.0537 e. The van der Waals surface area contributed by atoms with E-state index in [0.717, 1.165) is 13.0 Å². The van der Waals surface area contributed by atoms with Crippen LogP contribution in [0.4, 0.5) is 5.69 Å². The van der Waals surface area contributed by atoms with Gasteiger partial charge in [-0.25, -0.2) is 0 Å². The molecule has 1 unspecified atom stereocenters. The molecule has 2 rings (SSSR count). The number of hydrogen-bond acceptors (Lipinski definition) is 3. The fourth-order valence-electron chi connectivity index (χ4n) is 2.50. The highest BCUT2D eigenvalue weighted by Gasteiger charge is 2.25. The van der Waals surface area contributed by atoms with Crippen molar-refractivity contribution >= 4 is 17.4 Å². The zero-order valence-corrected chi connectivity index (χ0v) is 11.8. The van der Waals surface area contributed by atoms with Crippen molar-refractivity contribution in [1.29, 1.82) is 0 Å². The molecule has 1 aliphatic rings. The molecular formula is C14H22N2S. The van der Waals surface area contributed by atoms with Crippen LogP contribution in [0.3, 0.4) is 0 Å². The van der Waals surface area contributed by atoms with Crippen molar-refractivity contribution in [2.45, 2.75) is 37.6 Å². The third-order valence-corrected chi connectivity index (χ3v) is 4.95. The summed E-state index contributed by atoms with van der Waals surface area (Å²) in [6, 6.07) is 5.10. The minimum absolute atomic E-state index is 0.636. The summed E-state index contributed by atoms with van der Waals surface area (Å²) in [4.78, 5) is 3.93. The molecule has 0 bridgehead atoms. The quantitative estimate of drug-likeness (QED) is 0.894. The Morgan fingerprint density at radius 2 is 2.06 bits per heavy atom. The molecule has 3 heteroatoms. The third-order valence-electron chi connectivity index (χ3n) is 3.59. The highest BCUT2D eigenvalue weighted by Crippen LogP contribution is 2.41. The van der Waals surface area contributed by atoms with Crippen molar-refractivity contribution in [2.24, 2.45) is 5.73 Å². The molecule has 0 spiro atoms. The molecule has 1 heterocycles. The number of nitrogens with zero attached hydrogens (tertiary/aromatic N) is 1. The Kier molecular flexibility index (Phi) is 4.00. The molecule has 0 aromatic heterocycles. The lowest BCUT2D eigenvalue weighted by Crippen LogP contribution is -2.37. The van der Waals surface area contributed by atoms with Gasteiger partial charge in [0, 0.05) is 23.7 Å². The zero-order valence-electron chi connectivity index (χ0n) is 11.0. The second-order valence-corrected chi connectivity index (χ2v) is 5.91. The maximum absolute atomic E-state index is 5.61. The van der Waals surface area contributed by atoms with Gasteiger partial charge in [-0.15, -0.1) is 11.8 Å². The summed E-state index contributed by atoms with van der Waals surface area (Å²) in [5, 5.41) is 0. The molecule has 17 heavy (non-hydrogen) atoms. The van der Waals surface area contributed by atoms with Gasteiger partial charge in [0.15, 0.2) is 0 Å². The summed E-state index contributed by atoms with van der Waals surface area (Å²) in [6.45, 7) is 5.22. The van der Waals surface area contributed by atoms with E-state index in [1.165, 1.54) is 33.9 Å². The van der Waals surface area contributed by atoms with Gasteiger partial charge >= 0.3 is 0 Å². The van der Waals surface area contributed by atoms with Gasteiger partial charge in [-0.3, -0.25) is 0 Å². The summed E-state index contributed by atoms with van der Waals surface area (Å²) in [5.41, 5.74) is 9.84. The molecule has 1 atom stereocenters. The smallest absolute Gasteiger partial charge is 0.0537 e. The molecule has 1 aromatic rings. The monoisotopic (exact) mass is 250 g/mol. The molecular weight excluding hydrogens is 228 g/mol. The van der Waals surface area contributed by atoms with E-state index in [2.05, 4.69) is 37.9 Å². The van der Waals surface area contributed by atoms with E-state index in [4.69, 9.17) is 5.73 Å². The minimum atomic E-state index is 0.636. The average molecular weight is 250 g/mol. The first-order valence-corrected chi connectivity index (χ1v) is 7.29. The lowest BCUT2D eigenvalue weighted by atomic mass is 10.1. The van der Waals surface area contributed by atoms with Crippen molar-refractivity contribution in [3.63, 3.8) is 0 Å². The van der Waals surface area contributed by atoms with Gasteiger partial charge in [0.25, 0.3) is 0 Å². The first kappa shape index (κ1) is 12.8. The van der Waals surface area contributed by atoms with Crippen molar-refractivity contribution in [3.8, 4) is 0 Å². The van der Waals surface area contributed by atoms with E-state index in [9.17, 15) is 0 Å². The Morgan fingerprint density at radius 3 is 2.76 bits per heavy atom. The minimum Gasteiger partial charge on any atom is -0.370 e. The van der Waals surface area contributed by atoms with Crippen LogP contribution >= 0.6 is 11.8 Å². The van der Waals surface area contributed by atoms with Crippen LogP contribution < -0.4 is 10.6 Å². The number of anilines is 1. The highest BCUT2D eigenvalue weighted by molar-refractivity contribution is 7.99. The lowest BCUT2D eigenvalue weighted by molar-refractivity contribution is 0.598. The van der Waals surface area contributed by atoms with E-state index in [-0.39, 0.29) is 0 Å². The maximum atomic E-state index is 5.61. The molecule has 0 saturated carbocycles. The van der Waals surface area contributed by atoms with Gasteiger partial charge in [0.05, 0.1) is 5.69 Å². The predicted molar refractivity (Wildman–Crippen MR) is 77.1 cm³/mol. The molecule has 2 nitrogen and oxygen atoms in total. The first-order valence-electron chi connectivity index (χ1n) is 6.31. The van der Waals surface area contributed by atoms with Crippen LogP contribution in [-0.4, -0.2) is 25.4 Å². The Labute approximate surface area is 109 Å². The van der Waals surface area contributed by atoms with Gasteiger partial charge in [-0.05, 0) is 44.4 Å². The summed E-state index contributed by atoms with van der Waals surface area (Å²) in [5.74, 6) is 1.19. The molecule has 0 aliphatic carbocycles. The van der Waals surface area contributed by atoms with E-state index < -0.39 is 0 Å². The summed E-state index contributed by atoms with van der Waals surface area (Å²) < 4.78 is 0. The summed E-state index contributed by atoms with van der Waals surface area (Å²) in [6.07, 6.45) is 2.32. The Bertz CT molecular complexity index is 403. The number of aryl methyl sites for hydroxylation is 2. The topological polar surface area (TPSA) is 29.3 Å². The van der Waals surface area contributed by atoms with Crippen LogP contribution in [0.5, 0.6) is 0 Å². The highest BCUT2D eigenvalue weighted by atomic mass is 32.2. The van der Waals surface area contributed by atoms with Crippen molar-refractivity contribution in [2.75, 3.05) is 24.2 Å². The van der Waals surface area contributed by atoms with E-state index in [0.29, 0.717) is 6.04 Å². The molecule has 0 radical (unpaired) electrons. The average Bonchev–Trinajstić information content (AvgIpc) is 2.32. The summed E-state index contributed by atoms with van der Waals surface area (Å²) >= 11 is 2.01. The molecule has 0 amide bonds. The predicted octanol–water partition coefficient (Wildman–Crippen LogP) is 2.95. The van der Waals surface area contributed by atoms with Crippen LogP contribution in [0.2, 0.25) is 0 Å². The van der Waals surface area contributed by atoms with Crippen molar-refractivity contribution < 1.29 is 0 Å². The van der Waals surface area contributed by atoms with Crippen LogP contribution in [0, 0.1) is 13.8 Å². The fourth-order valence-corrected chi connectivity index (χ4v) is 3.98. The Morgan fingerprint density at radius 1 is 1.35 bits per heavy atom. The number of nitrogens with two attached hydrogens (primary N) is 1. The van der Waals surface area contributed by atoms with Crippen molar-refractivity contribution in [1.82, 2.24) is 0 Å². The number of hydrogen-bond donors (Lipinski definition) is 1. The molecule has 94 valence electrons. The normalized spacial score (nSPS) is 19.3. The third kappa shape index (κ3) is 2.45. The SMILES string of the molecule is Cc1ccc(C)c2c1SCC(CCCN)N2C. The van der Waals surface area contributed by atoms with Crippen LogP contribution in [0.25, 0.3) is 0 Å². The Hall–Kier alpha value is -0.670. The molecule has 0 fully saturated rings. The van der Waals surface area contributed by atoms with Crippen LogP contribution in [-0.2, 0) is 0 Å². The van der Waals surface area contributed by atoms with Crippen LogP contribution in [0.1, 0.15) is 24.0 Å². The molecule has 1 aromatic carbocycles. The fraction of sp³-hybridized carbons (Fsp3) is 0.571. The lowest BCUT2D eigenvalue weighted by Gasteiger charge is -2.37. The van der Waals surface area contributed by atoms with E-state index >= 15 is 0 Å². The second-order valence-electron chi connectivity index (χ2n) is 4.88.